The fraction of sp³-hybridized carbons (Fsp3) is 1.00. The number of hydrogen-bond donors (Lipinski definition) is 1. The first kappa shape index (κ1) is 12.0. The Kier molecular flexibility index (Phi) is 2.81. The van der Waals surface area contributed by atoms with Crippen LogP contribution in [-0.2, 0) is 0 Å². The first-order chi connectivity index (χ1) is 7.99. The molecule has 0 heterocycles. The van der Waals surface area contributed by atoms with Gasteiger partial charge in [-0.25, -0.2) is 0 Å². The normalized spacial score (nSPS) is 41.8. The van der Waals surface area contributed by atoms with Crippen LogP contribution in [0.5, 0.6) is 0 Å². The van der Waals surface area contributed by atoms with Crippen molar-refractivity contribution in [3.63, 3.8) is 0 Å². The van der Waals surface area contributed by atoms with Crippen LogP contribution in [0.15, 0.2) is 0 Å². The second-order valence-corrected chi connectivity index (χ2v) is 8.09. The van der Waals surface area contributed by atoms with Gasteiger partial charge in [0.2, 0.25) is 0 Å². The van der Waals surface area contributed by atoms with Gasteiger partial charge in [-0.1, -0.05) is 12.8 Å². The maximum atomic E-state index is 3.72. The van der Waals surface area contributed by atoms with Crippen molar-refractivity contribution in [2.24, 2.45) is 23.2 Å². The molecule has 3 aliphatic rings. The predicted octanol–water partition coefficient (Wildman–Crippen LogP) is 3.98. The van der Waals surface area contributed by atoms with Gasteiger partial charge in [-0.3, -0.25) is 0 Å². The molecule has 0 aromatic heterocycles. The Bertz CT molecular complexity index is 286. The molecule has 0 bridgehead atoms. The smallest absolute Gasteiger partial charge is 0.00966 e. The molecule has 3 saturated carbocycles. The van der Waals surface area contributed by atoms with Crippen LogP contribution >= 0.6 is 0 Å². The molecule has 0 saturated heterocycles. The molecule has 0 aromatic carbocycles. The molecule has 0 aliphatic heterocycles. The van der Waals surface area contributed by atoms with E-state index in [0.717, 1.165) is 23.2 Å². The lowest BCUT2D eigenvalue weighted by Crippen LogP contribution is -2.38. The van der Waals surface area contributed by atoms with E-state index in [1.807, 2.05) is 0 Å². The first-order valence-corrected chi connectivity index (χ1v) is 7.74. The van der Waals surface area contributed by atoms with E-state index in [-0.39, 0.29) is 0 Å². The highest BCUT2D eigenvalue weighted by atomic mass is 15.0. The van der Waals surface area contributed by atoms with Gasteiger partial charge in [0.25, 0.3) is 0 Å². The Morgan fingerprint density at radius 2 is 1.82 bits per heavy atom. The highest BCUT2D eigenvalue weighted by Gasteiger charge is 2.56. The summed E-state index contributed by atoms with van der Waals surface area (Å²) in [5.74, 6) is 3.26. The maximum absolute atomic E-state index is 3.72. The zero-order valence-corrected chi connectivity index (χ0v) is 11.9. The Morgan fingerprint density at radius 3 is 2.47 bits per heavy atom. The SMILES string of the molecule is CC(C)(C)NCC1CC12CCCC(C1CC1)C2. The predicted molar refractivity (Wildman–Crippen MR) is 73.0 cm³/mol. The van der Waals surface area contributed by atoms with Gasteiger partial charge in [-0.15, -0.1) is 0 Å². The van der Waals surface area contributed by atoms with Crippen LogP contribution in [0, 0.1) is 23.2 Å². The van der Waals surface area contributed by atoms with Crippen molar-refractivity contribution < 1.29 is 0 Å². The fourth-order valence-corrected chi connectivity index (χ4v) is 4.12. The number of hydrogen-bond acceptors (Lipinski definition) is 1. The third-order valence-electron chi connectivity index (χ3n) is 5.44. The number of rotatable bonds is 3. The molecule has 17 heavy (non-hydrogen) atoms. The van der Waals surface area contributed by atoms with Crippen LogP contribution < -0.4 is 5.32 Å². The molecular weight excluding hydrogens is 206 g/mol. The molecule has 1 heteroatoms. The summed E-state index contributed by atoms with van der Waals surface area (Å²) in [5.41, 5.74) is 1.10. The van der Waals surface area contributed by atoms with E-state index < -0.39 is 0 Å². The van der Waals surface area contributed by atoms with Gasteiger partial charge in [0, 0.05) is 5.54 Å². The summed E-state index contributed by atoms with van der Waals surface area (Å²) in [6.45, 7) is 8.13. The minimum atomic E-state index is 0.300. The quantitative estimate of drug-likeness (QED) is 0.780. The van der Waals surface area contributed by atoms with Gasteiger partial charge in [0.15, 0.2) is 0 Å². The maximum Gasteiger partial charge on any atom is 0.00966 e. The summed E-state index contributed by atoms with van der Waals surface area (Å²) in [6.07, 6.45) is 10.8. The summed E-state index contributed by atoms with van der Waals surface area (Å²) in [5, 5.41) is 3.72. The summed E-state index contributed by atoms with van der Waals surface area (Å²) in [4.78, 5) is 0. The largest absolute Gasteiger partial charge is 0.312 e. The first-order valence-electron chi connectivity index (χ1n) is 7.74. The fourth-order valence-electron chi connectivity index (χ4n) is 4.12. The van der Waals surface area contributed by atoms with Crippen molar-refractivity contribution in [1.82, 2.24) is 5.32 Å². The molecule has 3 unspecified atom stereocenters. The van der Waals surface area contributed by atoms with Crippen LogP contribution in [-0.4, -0.2) is 12.1 Å². The van der Waals surface area contributed by atoms with Crippen LogP contribution in [0.3, 0.4) is 0 Å². The van der Waals surface area contributed by atoms with E-state index in [0.29, 0.717) is 5.54 Å². The zero-order chi connectivity index (χ0) is 12.1. The molecule has 0 aromatic rings. The van der Waals surface area contributed by atoms with E-state index in [1.54, 1.807) is 25.7 Å². The lowest BCUT2D eigenvalue weighted by atomic mass is 9.75. The van der Waals surface area contributed by atoms with Gasteiger partial charge >= 0.3 is 0 Å². The van der Waals surface area contributed by atoms with E-state index in [2.05, 4.69) is 26.1 Å². The highest BCUT2D eigenvalue weighted by Crippen LogP contribution is 2.64. The summed E-state index contributed by atoms with van der Waals surface area (Å²) < 4.78 is 0. The van der Waals surface area contributed by atoms with Crippen LogP contribution in [0.25, 0.3) is 0 Å². The van der Waals surface area contributed by atoms with E-state index in [9.17, 15) is 0 Å². The molecule has 0 radical (unpaired) electrons. The van der Waals surface area contributed by atoms with Gasteiger partial charge in [-0.2, -0.15) is 0 Å². The van der Waals surface area contributed by atoms with Crippen molar-refractivity contribution >= 4 is 0 Å². The van der Waals surface area contributed by atoms with Crippen molar-refractivity contribution in [1.29, 1.82) is 0 Å². The minimum absolute atomic E-state index is 0.300. The van der Waals surface area contributed by atoms with Gasteiger partial charge in [-0.05, 0) is 82.6 Å². The Hall–Kier alpha value is -0.0400. The lowest BCUT2D eigenvalue weighted by molar-refractivity contribution is 0.205. The highest BCUT2D eigenvalue weighted by molar-refractivity contribution is 5.07. The van der Waals surface area contributed by atoms with E-state index >= 15 is 0 Å². The summed E-state index contributed by atoms with van der Waals surface area (Å²) in [6, 6.07) is 0. The molecule has 3 atom stereocenters. The third-order valence-corrected chi connectivity index (χ3v) is 5.44. The van der Waals surface area contributed by atoms with E-state index in [1.165, 1.54) is 25.8 Å². The Labute approximate surface area is 107 Å². The average molecular weight is 235 g/mol. The monoisotopic (exact) mass is 235 g/mol. The average Bonchev–Trinajstić information content (AvgIpc) is 3.10. The molecule has 3 fully saturated rings. The van der Waals surface area contributed by atoms with Crippen molar-refractivity contribution in [3.8, 4) is 0 Å². The second-order valence-electron chi connectivity index (χ2n) is 8.09. The van der Waals surface area contributed by atoms with Crippen LogP contribution in [0.1, 0.15) is 65.7 Å². The minimum Gasteiger partial charge on any atom is -0.312 e. The Morgan fingerprint density at radius 1 is 1.06 bits per heavy atom. The van der Waals surface area contributed by atoms with Crippen molar-refractivity contribution in [3.05, 3.63) is 0 Å². The lowest BCUT2D eigenvalue weighted by Gasteiger charge is -2.31. The molecule has 98 valence electrons. The van der Waals surface area contributed by atoms with Crippen molar-refractivity contribution in [2.75, 3.05) is 6.54 Å². The van der Waals surface area contributed by atoms with Gasteiger partial charge in [0.05, 0.1) is 0 Å². The summed E-state index contributed by atoms with van der Waals surface area (Å²) >= 11 is 0. The van der Waals surface area contributed by atoms with Gasteiger partial charge < -0.3 is 5.32 Å². The van der Waals surface area contributed by atoms with Crippen LogP contribution in [0.2, 0.25) is 0 Å². The number of nitrogens with one attached hydrogen (secondary N) is 1. The second kappa shape index (κ2) is 3.98. The molecule has 1 spiro atoms. The molecule has 1 nitrogen and oxygen atoms in total. The topological polar surface area (TPSA) is 12.0 Å². The molecule has 3 aliphatic carbocycles. The standard InChI is InChI=1S/C16H29N/c1-15(2,3)17-11-14-10-16(14)8-4-5-13(9-16)12-6-7-12/h12-14,17H,4-11H2,1-3H3. The van der Waals surface area contributed by atoms with Gasteiger partial charge in [0.1, 0.15) is 0 Å². The Balaban J connectivity index is 1.51. The summed E-state index contributed by atoms with van der Waals surface area (Å²) in [7, 11) is 0. The zero-order valence-electron chi connectivity index (χ0n) is 11.9. The van der Waals surface area contributed by atoms with Crippen molar-refractivity contribution in [2.45, 2.75) is 71.3 Å². The molecule has 3 rings (SSSR count). The third kappa shape index (κ3) is 2.70. The molecule has 0 amide bonds. The molecule has 1 N–H and O–H groups in total. The van der Waals surface area contributed by atoms with E-state index in [4.69, 9.17) is 0 Å². The molecular formula is C16H29N. The van der Waals surface area contributed by atoms with Crippen LogP contribution in [0.4, 0.5) is 0 Å².